The second-order valence-corrected chi connectivity index (χ2v) is 7.90. The van der Waals surface area contributed by atoms with Crippen molar-refractivity contribution >= 4 is 5.96 Å². The van der Waals surface area contributed by atoms with Crippen LogP contribution in [0.5, 0.6) is 0 Å². The lowest BCUT2D eigenvalue weighted by molar-refractivity contribution is 0.0625. The predicted octanol–water partition coefficient (Wildman–Crippen LogP) is 3.05. The zero-order valence-corrected chi connectivity index (χ0v) is 17.2. The molecule has 1 aromatic rings. The molecule has 1 N–H and O–H groups in total. The van der Waals surface area contributed by atoms with Gasteiger partial charge in [-0.3, -0.25) is 9.89 Å². The average molecular weight is 377 g/mol. The molecule has 0 amide bonds. The first-order valence-corrected chi connectivity index (χ1v) is 10.5. The topological polar surface area (TPSA) is 53.2 Å². The van der Waals surface area contributed by atoms with Gasteiger partial charge in [0.05, 0.1) is 6.04 Å². The van der Waals surface area contributed by atoms with Gasteiger partial charge in [-0.05, 0) is 70.2 Å². The first kappa shape index (κ1) is 20.2. The molecule has 1 unspecified atom stereocenters. The van der Waals surface area contributed by atoms with Gasteiger partial charge in [0.25, 0.3) is 0 Å². The summed E-state index contributed by atoms with van der Waals surface area (Å²) in [6, 6.07) is 4.45. The fourth-order valence-corrected chi connectivity index (χ4v) is 4.19. The van der Waals surface area contributed by atoms with Crippen LogP contribution in [0.4, 0.5) is 0 Å². The molecular formula is C21H36N4O2. The third kappa shape index (κ3) is 5.72. The molecule has 6 heteroatoms. The van der Waals surface area contributed by atoms with Gasteiger partial charge in [0.15, 0.2) is 5.96 Å². The highest BCUT2D eigenvalue weighted by Gasteiger charge is 2.26. The summed E-state index contributed by atoms with van der Waals surface area (Å²) >= 11 is 0. The molecule has 0 aliphatic carbocycles. The van der Waals surface area contributed by atoms with E-state index in [1.807, 2.05) is 14.0 Å². The Bertz CT molecular complexity index is 589. The number of nitrogens with zero attached hydrogens (tertiary/aromatic N) is 3. The number of furan rings is 1. The van der Waals surface area contributed by atoms with Crippen molar-refractivity contribution in [3.63, 3.8) is 0 Å². The molecule has 1 atom stereocenters. The number of hydrogen-bond donors (Lipinski definition) is 1. The number of aryl methyl sites for hydroxylation is 1. The molecule has 0 saturated carbocycles. The average Bonchev–Trinajstić information content (AvgIpc) is 3.36. The largest absolute Gasteiger partial charge is 0.465 e. The Morgan fingerprint density at radius 2 is 2.04 bits per heavy atom. The number of aliphatic imine (C=N–C) groups is 1. The molecule has 2 fully saturated rings. The second-order valence-electron chi connectivity index (χ2n) is 7.90. The van der Waals surface area contributed by atoms with Crippen LogP contribution in [0.15, 0.2) is 21.5 Å². The van der Waals surface area contributed by atoms with Crippen LogP contribution in [0.25, 0.3) is 0 Å². The molecule has 6 nitrogen and oxygen atoms in total. The van der Waals surface area contributed by atoms with Crippen LogP contribution in [0.1, 0.15) is 49.7 Å². The maximum absolute atomic E-state index is 5.96. The van der Waals surface area contributed by atoms with Crippen LogP contribution in [-0.2, 0) is 4.74 Å². The molecular weight excluding hydrogens is 340 g/mol. The molecule has 3 heterocycles. The van der Waals surface area contributed by atoms with E-state index in [2.05, 4.69) is 39.3 Å². The third-order valence-corrected chi connectivity index (χ3v) is 5.91. The van der Waals surface area contributed by atoms with Crippen LogP contribution in [0.2, 0.25) is 0 Å². The van der Waals surface area contributed by atoms with Crippen LogP contribution < -0.4 is 5.32 Å². The highest BCUT2D eigenvalue weighted by Crippen LogP contribution is 2.26. The molecule has 2 saturated heterocycles. The standard InChI is InChI=1S/C21H36N4O2/c1-17-6-7-20(27-17)19(25-11-4-5-12-25)16-23-21(22-2)24(3)13-8-18-9-14-26-15-10-18/h6-7,18-19H,4-5,8-16H2,1-3H3,(H,22,23). The zero-order chi connectivity index (χ0) is 19.1. The SMILES string of the molecule is CN=C(NCC(c1ccc(C)o1)N1CCCC1)N(C)CCC1CCOCC1. The van der Waals surface area contributed by atoms with Crippen molar-refractivity contribution < 1.29 is 9.15 Å². The summed E-state index contributed by atoms with van der Waals surface area (Å²) in [6.07, 6.45) is 6.13. The lowest BCUT2D eigenvalue weighted by atomic mass is 9.96. The van der Waals surface area contributed by atoms with E-state index < -0.39 is 0 Å². The summed E-state index contributed by atoms with van der Waals surface area (Å²) in [7, 11) is 4.01. The van der Waals surface area contributed by atoms with Crippen LogP contribution in [0.3, 0.4) is 0 Å². The van der Waals surface area contributed by atoms with Crippen molar-refractivity contribution in [3.8, 4) is 0 Å². The van der Waals surface area contributed by atoms with Gasteiger partial charge in [0.2, 0.25) is 0 Å². The minimum absolute atomic E-state index is 0.266. The van der Waals surface area contributed by atoms with Gasteiger partial charge in [-0.15, -0.1) is 0 Å². The van der Waals surface area contributed by atoms with Crippen molar-refractivity contribution in [2.24, 2.45) is 10.9 Å². The molecule has 27 heavy (non-hydrogen) atoms. The van der Waals surface area contributed by atoms with Crippen molar-refractivity contribution in [1.82, 2.24) is 15.1 Å². The Kier molecular flexibility index (Phi) is 7.59. The highest BCUT2D eigenvalue weighted by atomic mass is 16.5. The summed E-state index contributed by atoms with van der Waals surface area (Å²) in [4.78, 5) is 9.29. The van der Waals surface area contributed by atoms with E-state index in [1.165, 1.54) is 32.1 Å². The Balaban J connectivity index is 1.53. The molecule has 152 valence electrons. The van der Waals surface area contributed by atoms with Gasteiger partial charge in [0.1, 0.15) is 11.5 Å². The maximum atomic E-state index is 5.96. The fraction of sp³-hybridized carbons (Fsp3) is 0.762. The minimum atomic E-state index is 0.266. The van der Waals surface area contributed by atoms with Gasteiger partial charge in [0, 0.05) is 40.4 Å². The van der Waals surface area contributed by atoms with E-state index in [0.29, 0.717) is 0 Å². The molecule has 0 bridgehead atoms. The first-order chi connectivity index (χ1) is 13.2. The van der Waals surface area contributed by atoms with Crippen LogP contribution in [0, 0.1) is 12.8 Å². The second kappa shape index (κ2) is 10.1. The minimum Gasteiger partial charge on any atom is -0.465 e. The first-order valence-electron chi connectivity index (χ1n) is 10.5. The van der Waals surface area contributed by atoms with E-state index in [-0.39, 0.29) is 6.04 Å². The number of hydrogen-bond acceptors (Lipinski definition) is 4. The molecule has 2 aliphatic rings. The van der Waals surface area contributed by atoms with Gasteiger partial charge in [-0.1, -0.05) is 0 Å². The third-order valence-electron chi connectivity index (χ3n) is 5.91. The summed E-state index contributed by atoms with van der Waals surface area (Å²) < 4.78 is 11.4. The van der Waals surface area contributed by atoms with E-state index in [1.54, 1.807) is 0 Å². The number of rotatable bonds is 7. The normalized spacial score (nSPS) is 20.8. The summed E-state index contributed by atoms with van der Waals surface area (Å²) in [5, 5.41) is 3.59. The zero-order valence-electron chi connectivity index (χ0n) is 17.2. The maximum Gasteiger partial charge on any atom is 0.193 e. The van der Waals surface area contributed by atoms with Crippen molar-refractivity contribution in [2.45, 2.75) is 45.1 Å². The quantitative estimate of drug-likeness (QED) is 0.585. The molecule has 2 aliphatic heterocycles. The van der Waals surface area contributed by atoms with Crippen molar-refractivity contribution in [3.05, 3.63) is 23.7 Å². The van der Waals surface area contributed by atoms with Crippen molar-refractivity contribution in [2.75, 3.05) is 53.5 Å². The molecule has 0 aromatic carbocycles. The Hall–Kier alpha value is -1.53. The van der Waals surface area contributed by atoms with E-state index in [4.69, 9.17) is 9.15 Å². The van der Waals surface area contributed by atoms with E-state index >= 15 is 0 Å². The summed E-state index contributed by atoms with van der Waals surface area (Å²) in [6.45, 7) is 7.98. The lowest BCUT2D eigenvalue weighted by Crippen LogP contribution is -2.44. The van der Waals surface area contributed by atoms with Gasteiger partial charge in [-0.25, -0.2) is 0 Å². The van der Waals surface area contributed by atoms with E-state index in [9.17, 15) is 0 Å². The van der Waals surface area contributed by atoms with Gasteiger partial charge in [-0.2, -0.15) is 0 Å². The number of likely N-dealkylation sites (tertiary alicyclic amines) is 1. The molecule has 0 radical (unpaired) electrons. The lowest BCUT2D eigenvalue weighted by Gasteiger charge is -2.30. The van der Waals surface area contributed by atoms with Crippen LogP contribution in [-0.4, -0.2) is 69.2 Å². The summed E-state index contributed by atoms with van der Waals surface area (Å²) in [5.74, 6) is 3.78. The monoisotopic (exact) mass is 376 g/mol. The Morgan fingerprint density at radius 1 is 1.30 bits per heavy atom. The highest BCUT2D eigenvalue weighted by molar-refractivity contribution is 5.79. The smallest absolute Gasteiger partial charge is 0.193 e. The molecule has 3 rings (SSSR count). The molecule has 0 spiro atoms. The van der Waals surface area contributed by atoms with Gasteiger partial charge < -0.3 is 19.4 Å². The predicted molar refractivity (Wildman–Crippen MR) is 109 cm³/mol. The number of guanidine groups is 1. The number of ether oxygens (including phenoxy) is 1. The Morgan fingerprint density at radius 3 is 2.67 bits per heavy atom. The Labute approximate surface area is 163 Å². The fourth-order valence-electron chi connectivity index (χ4n) is 4.19. The van der Waals surface area contributed by atoms with Crippen LogP contribution >= 0.6 is 0 Å². The number of nitrogens with one attached hydrogen (secondary N) is 1. The van der Waals surface area contributed by atoms with E-state index in [0.717, 1.165) is 62.8 Å². The van der Waals surface area contributed by atoms with Gasteiger partial charge >= 0.3 is 0 Å². The van der Waals surface area contributed by atoms with Crippen molar-refractivity contribution in [1.29, 1.82) is 0 Å². The summed E-state index contributed by atoms with van der Waals surface area (Å²) in [5.41, 5.74) is 0. The molecule has 1 aromatic heterocycles.